The molecule has 12 heavy (non-hydrogen) atoms. The van der Waals surface area contributed by atoms with E-state index in [4.69, 9.17) is 5.11 Å². The van der Waals surface area contributed by atoms with Crippen molar-refractivity contribution in [1.82, 2.24) is 0 Å². The van der Waals surface area contributed by atoms with Crippen LogP contribution in [0.2, 0.25) is 0 Å². The van der Waals surface area contributed by atoms with Crippen LogP contribution in [-0.2, 0) is 6.42 Å². The topological polar surface area (TPSA) is 20.2 Å². The second-order valence-corrected chi connectivity index (χ2v) is 3.31. The van der Waals surface area contributed by atoms with Crippen molar-refractivity contribution in [3.8, 4) is 0 Å². The van der Waals surface area contributed by atoms with Gasteiger partial charge in [0.1, 0.15) is 0 Å². The summed E-state index contributed by atoms with van der Waals surface area (Å²) in [6.45, 7) is 3.94. The Morgan fingerprint density at radius 2 is 2.00 bits per heavy atom. The lowest BCUT2D eigenvalue weighted by molar-refractivity contribution is 0.185. The van der Waals surface area contributed by atoms with E-state index < -0.39 is 0 Å². The maximum atomic E-state index is 9.10. The average Bonchev–Trinajstić information content (AvgIpc) is 2.03. The molecule has 0 heterocycles. The monoisotopic (exact) mass is 164 g/mol. The zero-order valence-corrected chi connectivity index (χ0v) is 7.75. The Hall–Kier alpha value is -0.820. The van der Waals surface area contributed by atoms with Crippen molar-refractivity contribution in [2.75, 3.05) is 0 Å². The zero-order chi connectivity index (χ0) is 8.97. The van der Waals surface area contributed by atoms with Crippen LogP contribution in [0.25, 0.3) is 0 Å². The van der Waals surface area contributed by atoms with Gasteiger partial charge in [0.15, 0.2) is 0 Å². The smallest absolute Gasteiger partial charge is 0.0515 e. The van der Waals surface area contributed by atoms with Gasteiger partial charge in [-0.1, -0.05) is 24.3 Å². The molecule has 0 bridgehead atoms. The molecule has 0 amide bonds. The second kappa shape index (κ2) is 4.27. The van der Waals surface area contributed by atoms with Crippen LogP contribution in [0.5, 0.6) is 0 Å². The highest BCUT2D eigenvalue weighted by Crippen LogP contribution is 2.10. The van der Waals surface area contributed by atoms with E-state index in [1.54, 1.807) is 0 Å². The van der Waals surface area contributed by atoms with Gasteiger partial charge in [0, 0.05) is 0 Å². The molecule has 1 nitrogen and oxygen atoms in total. The summed E-state index contributed by atoms with van der Waals surface area (Å²) in [7, 11) is 0. The van der Waals surface area contributed by atoms with Gasteiger partial charge in [-0.05, 0) is 37.8 Å². The van der Waals surface area contributed by atoms with Gasteiger partial charge < -0.3 is 5.11 Å². The first-order valence-electron chi connectivity index (χ1n) is 4.42. The lowest BCUT2D eigenvalue weighted by Crippen LogP contribution is -2.02. The molecule has 0 aliphatic heterocycles. The van der Waals surface area contributed by atoms with Gasteiger partial charge in [0.05, 0.1) is 6.10 Å². The molecule has 0 radical (unpaired) electrons. The number of rotatable bonds is 3. The Balaban J connectivity index is 2.57. The largest absolute Gasteiger partial charge is 0.393 e. The minimum atomic E-state index is -0.190. The minimum Gasteiger partial charge on any atom is -0.393 e. The number of aliphatic hydroxyl groups is 1. The highest BCUT2D eigenvalue weighted by atomic mass is 16.3. The van der Waals surface area contributed by atoms with Crippen LogP contribution in [0.15, 0.2) is 24.3 Å². The fourth-order valence-electron chi connectivity index (χ4n) is 1.25. The van der Waals surface area contributed by atoms with Gasteiger partial charge in [-0.15, -0.1) is 0 Å². The molecule has 0 aliphatic rings. The maximum absolute atomic E-state index is 9.10. The summed E-state index contributed by atoms with van der Waals surface area (Å²) in [5.41, 5.74) is 2.66. The van der Waals surface area contributed by atoms with E-state index in [9.17, 15) is 0 Å². The molecule has 0 spiro atoms. The third-order valence-electron chi connectivity index (χ3n) is 2.09. The van der Waals surface area contributed by atoms with Gasteiger partial charge in [-0.2, -0.15) is 0 Å². The van der Waals surface area contributed by atoms with Crippen LogP contribution >= 0.6 is 0 Å². The van der Waals surface area contributed by atoms with Crippen LogP contribution in [0.1, 0.15) is 24.5 Å². The molecule has 1 rings (SSSR count). The third-order valence-corrected chi connectivity index (χ3v) is 2.09. The highest BCUT2D eigenvalue weighted by Gasteiger charge is 1.99. The minimum absolute atomic E-state index is 0.190. The van der Waals surface area contributed by atoms with Crippen molar-refractivity contribution < 1.29 is 5.11 Å². The molecular formula is C11H16O. The van der Waals surface area contributed by atoms with Crippen molar-refractivity contribution in [2.45, 2.75) is 32.8 Å². The predicted octanol–water partition coefficient (Wildman–Crippen LogP) is 2.31. The van der Waals surface area contributed by atoms with Crippen LogP contribution in [0, 0.1) is 6.92 Å². The van der Waals surface area contributed by atoms with E-state index in [2.05, 4.69) is 19.1 Å². The van der Waals surface area contributed by atoms with E-state index in [1.165, 1.54) is 11.1 Å². The fourth-order valence-corrected chi connectivity index (χ4v) is 1.25. The third kappa shape index (κ3) is 2.67. The number of benzene rings is 1. The molecule has 66 valence electrons. The SMILES string of the molecule is Cc1ccccc1CC[C@@H](C)O. The number of aryl methyl sites for hydroxylation is 2. The lowest BCUT2D eigenvalue weighted by Gasteiger charge is -2.06. The summed E-state index contributed by atoms with van der Waals surface area (Å²) in [6, 6.07) is 8.32. The number of hydrogen-bond donors (Lipinski definition) is 1. The molecule has 1 aromatic rings. The Morgan fingerprint density at radius 3 is 2.58 bits per heavy atom. The van der Waals surface area contributed by atoms with E-state index in [0.717, 1.165) is 12.8 Å². The summed E-state index contributed by atoms with van der Waals surface area (Å²) in [4.78, 5) is 0. The fraction of sp³-hybridized carbons (Fsp3) is 0.455. The van der Waals surface area contributed by atoms with Crippen molar-refractivity contribution in [3.63, 3.8) is 0 Å². The average molecular weight is 164 g/mol. The Kier molecular flexibility index (Phi) is 3.30. The van der Waals surface area contributed by atoms with Crippen LogP contribution in [-0.4, -0.2) is 11.2 Å². The molecule has 1 atom stereocenters. The zero-order valence-electron chi connectivity index (χ0n) is 7.75. The second-order valence-electron chi connectivity index (χ2n) is 3.31. The first kappa shape index (κ1) is 9.27. The molecule has 0 saturated heterocycles. The van der Waals surface area contributed by atoms with Gasteiger partial charge in [-0.3, -0.25) is 0 Å². The molecule has 1 heteroatoms. The summed E-state index contributed by atoms with van der Waals surface area (Å²) in [5.74, 6) is 0. The van der Waals surface area contributed by atoms with Gasteiger partial charge in [-0.25, -0.2) is 0 Å². The molecule has 1 N–H and O–H groups in total. The van der Waals surface area contributed by atoms with Crippen LogP contribution in [0.3, 0.4) is 0 Å². The molecule has 0 fully saturated rings. The molecular weight excluding hydrogens is 148 g/mol. The summed E-state index contributed by atoms with van der Waals surface area (Å²) in [6.07, 6.45) is 1.64. The van der Waals surface area contributed by atoms with Gasteiger partial charge >= 0.3 is 0 Å². The van der Waals surface area contributed by atoms with Crippen LogP contribution in [0.4, 0.5) is 0 Å². The Labute approximate surface area is 74.1 Å². The number of hydrogen-bond acceptors (Lipinski definition) is 1. The molecule has 0 unspecified atom stereocenters. The predicted molar refractivity (Wildman–Crippen MR) is 51.2 cm³/mol. The molecule has 0 saturated carbocycles. The quantitative estimate of drug-likeness (QED) is 0.726. The summed E-state index contributed by atoms with van der Waals surface area (Å²) in [5, 5.41) is 9.10. The van der Waals surface area contributed by atoms with E-state index >= 15 is 0 Å². The summed E-state index contributed by atoms with van der Waals surface area (Å²) < 4.78 is 0. The van der Waals surface area contributed by atoms with Crippen molar-refractivity contribution >= 4 is 0 Å². The molecule has 1 aromatic carbocycles. The number of aliphatic hydroxyl groups excluding tert-OH is 1. The lowest BCUT2D eigenvalue weighted by atomic mass is 10.0. The normalized spacial score (nSPS) is 12.9. The van der Waals surface area contributed by atoms with Gasteiger partial charge in [0.2, 0.25) is 0 Å². The maximum Gasteiger partial charge on any atom is 0.0515 e. The van der Waals surface area contributed by atoms with E-state index in [1.807, 2.05) is 19.1 Å². The standard InChI is InChI=1S/C11H16O/c1-9-5-3-4-6-11(9)8-7-10(2)12/h3-6,10,12H,7-8H2,1-2H3/t10-/m1/s1. The molecule has 0 aliphatic carbocycles. The van der Waals surface area contributed by atoms with E-state index in [0.29, 0.717) is 0 Å². The van der Waals surface area contributed by atoms with Crippen molar-refractivity contribution in [1.29, 1.82) is 0 Å². The Morgan fingerprint density at radius 1 is 1.33 bits per heavy atom. The highest BCUT2D eigenvalue weighted by molar-refractivity contribution is 5.25. The van der Waals surface area contributed by atoms with Crippen LogP contribution < -0.4 is 0 Å². The van der Waals surface area contributed by atoms with Crippen molar-refractivity contribution in [3.05, 3.63) is 35.4 Å². The van der Waals surface area contributed by atoms with Gasteiger partial charge in [0.25, 0.3) is 0 Å². The van der Waals surface area contributed by atoms with E-state index in [-0.39, 0.29) is 6.10 Å². The first-order valence-corrected chi connectivity index (χ1v) is 4.42. The summed E-state index contributed by atoms with van der Waals surface area (Å²) >= 11 is 0. The van der Waals surface area contributed by atoms with Crippen molar-refractivity contribution in [2.24, 2.45) is 0 Å². The Bertz CT molecular complexity index is 241. The molecule has 0 aromatic heterocycles. The first-order chi connectivity index (χ1) is 5.70.